The van der Waals surface area contributed by atoms with Crippen LogP contribution in [-0.2, 0) is 14.3 Å². The molecule has 0 aromatic carbocycles. The van der Waals surface area contributed by atoms with Gasteiger partial charge >= 0.3 is 6.09 Å². The number of hydrogen-bond acceptors (Lipinski definition) is 4. The third kappa shape index (κ3) is 3.62. The largest absolute Gasteiger partial charge is 0.444 e. The fourth-order valence-corrected chi connectivity index (χ4v) is 4.06. The van der Waals surface area contributed by atoms with Gasteiger partial charge in [0.05, 0.1) is 11.6 Å². The molecule has 2 N–H and O–H groups in total. The Morgan fingerprint density at radius 1 is 1.09 bits per heavy atom. The summed E-state index contributed by atoms with van der Waals surface area (Å²) in [4.78, 5) is 23.8. The fourth-order valence-electron chi connectivity index (χ4n) is 4.06. The van der Waals surface area contributed by atoms with Crippen molar-refractivity contribution in [2.24, 2.45) is 5.92 Å². The summed E-state index contributed by atoms with van der Waals surface area (Å²) in [5.74, 6) is 0.676. The average molecular weight is 324 g/mol. The molecule has 4 fully saturated rings. The molecule has 0 atom stereocenters. The summed E-state index contributed by atoms with van der Waals surface area (Å²) >= 11 is 0. The number of ether oxygens (including phenoxy) is 2. The predicted molar refractivity (Wildman–Crippen MR) is 85.0 cm³/mol. The van der Waals surface area contributed by atoms with Crippen LogP contribution in [-0.4, -0.2) is 41.4 Å². The first kappa shape index (κ1) is 16.6. The number of nitrogens with one attached hydrogen (secondary N) is 2. The van der Waals surface area contributed by atoms with Crippen molar-refractivity contribution in [1.82, 2.24) is 10.6 Å². The molecule has 2 amide bonds. The lowest BCUT2D eigenvalue weighted by molar-refractivity contribution is -0.148. The topological polar surface area (TPSA) is 76.7 Å². The molecule has 6 heteroatoms. The standard InChI is InChI=1S/C17H28N2O4/c1-11-5-12(6-11)22-7-13(20)18-16-8-17(9-16,10-16)19-14(21)23-15(2,3)4/h11-12H,5-10H2,1-4H3,(H,18,20)(H,19,21)/t11-,12+,16?,17?. The summed E-state index contributed by atoms with van der Waals surface area (Å²) in [7, 11) is 0. The smallest absolute Gasteiger partial charge is 0.408 e. The van der Waals surface area contributed by atoms with Gasteiger partial charge in [0.25, 0.3) is 0 Å². The molecule has 4 aliphatic rings. The van der Waals surface area contributed by atoms with Crippen LogP contribution in [0.15, 0.2) is 0 Å². The number of carbonyl (C=O) groups excluding carboxylic acids is 2. The van der Waals surface area contributed by atoms with Crippen LogP contribution in [0.25, 0.3) is 0 Å². The zero-order chi connectivity index (χ0) is 16.9. The molecular formula is C17H28N2O4. The van der Waals surface area contributed by atoms with E-state index in [0.717, 1.165) is 38.0 Å². The highest BCUT2D eigenvalue weighted by Crippen LogP contribution is 2.60. The molecule has 0 aliphatic heterocycles. The van der Waals surface area contributed by atoms with Gasteiger partial charge in [-0.3, -0.25) is 4.79 Å². The average Bonchev–Trinajstić information content (AvgIpc) is 2.26. The Balaban J connectivity index is 1.34. The first-order valence-electron chi connectivity index (χ1n) is 8.53. The van der Waals surface area contributed by atoms with Gasteiger partial charge in [0, 0.05) is 5.54 Å². The second-order valence-corrected chi connectivity index (χ2v) is 8.78. The van der Waals surface area contributed by atoms with Crippen LogP contribution in [0.2, 0.25) is 0 Å². The van der Waals surface area contributed by atoms with Crippen LogP contribution in [0.4, 0.5) is 4.79 Å². The Hall–Kier alpha value is -1.30. The zero-order valence-electron chi connectivity index (χ0n) is 14.5. The maximum Gasteiger partial charge on any atom is 0.408 e. The van der Waals surface area contributed by atoms with E-state index in [0.29, 0.717) is 0 Å². The van der Waals surface area contributed by atoms with Crippen LogP contribution < -0.4 is 10.6 Å². The molecule has 0 aromatic heterocycles. The van der Waals surface area contributed by atoms with Crippen LogP contribution >= 0.6 is 0 Å². The van der Waals surface area contributed by atoms with Crippen molar-refractivity contribution in [1.29, 1.82) is 0 Å². The van der Waals surface area contributed by atoms with Crippen molar-refractivity contribution < 1.29 is 19.1 Å². The Morgan fingerprint density at radius 2 is 1.65 bits per heavy atom. The molecule has 4 rings (SSSR count). The van der Waals surface area contributed by atoms with E-state index < -0.39 is 5.60 Å². The van der Waals surface area contributed by atoms with E-state index in [2.05, 4.69) is 17.6 Å². The van der Waals surface area contributed by atoms with E-state index in [9.17, 15) is 9.59 Å². The van der Waals surface area contributed by atoms with Crippen LogP contribution in [0, 0.1) is 5.92 Å². The Labute approximate surface area is 137 Å². The maximum atomic E-state index is 12.0. The first-order valence-corrected chi connectivity index (χ1v) is 8.53. The Bertz CT molecular complexity index is 485. The van der Waals surface area contributed by atoms with Gasteiger partial charge in [0.15, 0.2) is 0 Å². The third-order valence-corrected chi connectivity index (χ3v) is 4.98. The Kier molecular flexibility index (Phi) is 3.86. The fraction of sp³-hybridized carbons (Fsp3) is 0.882. The molecule has 130 valence electrons. The van der Waals surface area contributed by atoms with E-state index in [-0.39, 0.29) is 35.8 Å². The minimum Gasteiger partial charge on any atom is -0.444 e. The number of carbonyl (C=O) groups is 2. The minimum absolute atomic E-state index is 0.0462. The van der Waals surface area contributed by atoms with Crippen molar-refractivity contribution in [3.05, 3.63) is 0 Å². The molecule has 6 nitrogen and oxygen atoms in total. The van der Waals surface area contributed by atoms with Crippen molar-refractivity contribution in [2.75, 3.05) is 6.61 Å². The Morgan fingerprint density at radius 3 is 2.17 bits per heavy atom. The second-order valence-electron chi connectivity index (χ2n) is 8.78. The molecule has 0 unspecified atom stereocenters. The van der Waals surface area contributed by atoms with Gasteiger partial charge in [-0.15, -0.1) is 0 Å². The molecule has 2 bridgehead atoms. The lowest BCUT2D eigenvalue weighted by atomic mass is 9.44. The molecule has 4 saturated carbocycles. The highest BCUT2D eigenvalue weighted by Gasteiger charge is 2.69. The number of amides is 2. The van der Waals surface area contributed by atoms with Crippen LogP contribution in [0.1, 0.15) is 59.8 Å². The zero-order valence-corrected chi connectivity index (χ0v) is 14.5. The highest BCUT2D eigenvalue weighted by atomic mass is 16.6. The summed E-state index contributed by atoms with van der Waals surface area (Å²) < 4.78 is 10.9. The second kappa shape index (κ2) is 5.36. The lowest BCUT2D eigenvalue weighted by Gasteiger charge is -2.70. The maximum absolute atomic E-state index is 12.0. The molecule has 0 radical (unpaired) electrons. The summed E-state index contributed by atoms with van der Waals surface area (Å²) in [5.41, 5.74) is -0.807. The SMILES string of the molecule is CC(C)(C)OC(=O)NC12CC(NC(=O)CO[C@H]3C[C@@H](C)C3)(C1)C2. The van der Waals surface area contributed by atoms with Gasteiger partial charge in [0.2, 0.25) is 5.91 Å². The quantitative estimate of drug-likeness (QED) is 0.812. The van der Waals surface area contributed by atoms with E-state index >= 15 is 0 Å². The molecule has 4 aliphatic carbocycles. The van der Waals surface area contributed by atoms with Gasteiger partial charge in [-0.1, -0.05) is 6.92 Å². The van der Waals surface area contributed by atoms with E-state index in [1.165, 1.54) is 0 Å². The van der Waals surface area contributed by atoms with E-state index in [1.807, 2.05) is 20.8 Å². The van der Waals surface area contributed by atoms with Gasteiger partial charge in [0.1, 0.15) is 12.2 Å². The normalized spacial score (nSPS) is 37.7. The van der Waals surface area contributed by atoms with Crippen molar-refractivity contribution >= 4 is 12.0 Å². The van der Waals surface area contributed by atoms with Gasteiger partial charge in [-0.2, -0.15) is 0 Å². The number of alkyl carbamates (subject to hydrolysis) is 1. The molecule has 0 aromatic rings. The summed E-state index contributed by atoms with van der Waals surface area (Å²) in [6.07, 6.45) is 4.34. The molecular weight excluding hydrogens is 296 g/mol. The highest BCUT2D eigenvalue weighted by molar-refractivity contribution is 5.79. The monoisotopic (exact) mass is 324 g/mol. The van der Waals surface area contributed by atoms with E-state index in [4.69, 9.17) is 9.47 Å². The summed E-state index contributed by atoms with van der Waals surface area (Å²) in [6.45, 7) is 7.88. The predicted octanol–water partition coefficient (Wildman–Crippen LogP) is 2.12. The molecule has 0 saturated heterocycles. The van der Waals surface area contributed by atoms with Crippen molar-refractivity contribution in [3.8, 4) is 0 Å². The van der Waals surface area contributed by atoms with Crippen molar-refractivity contribution in [2.45, 2.75) is 82.6 Å². The molecule has 23 heavy (non-hydrogen) atoms. The summed E-state index contributed by atoms with van der Waals surface area (Å²) in [5, 5.41) is 6.01. The lowest BCUT2D eigenvalue weighted by Crippen LogP contribution is -2.84. The van der Waals surface area contributed by atoms with Crippen LogP contribution in [0.3, 0.4) is 0 Å². The minimum atomic E-state index is -0.490. The van der Waals surface area contributed by atoms with Gasteiger partial charge < -0.3 is 20.1 Å². The van der Waals surface area contributed by atoms with Gasteiger partial charge in [-0.05, 0) is 58.8 Å². The number of hydrogen-bond donors (Lipinski definition) is 2. The molecule has 0 heterocycles. The number of rotatable bonds is 5. The first-order chi connectivity index (χ1) is 10.6. The van der Waals surface area contributed by atoms with Gasteiger partial charge in [-0.25, -0.2) is 4.79 Å². The van der Waals surface area contributed by atoms with Crippen molar-refractivity contribution in [3.63, 3.8) is 0 Å². The van der Waals surface area contributed by atoms with Crippen LogP contribution in [0.5, 0.6) is 0 Å². The third-order valence-electron chi connectivity index (χ3n) is 4.98. The van der Waals surface area contributed by atoms with E-state index in [1.54, 1.807) is 0 Å². The molecule has 0 spiro atoms. The summed E-state index contributed by atoms with van der Waals surface area (Å²) in [6, 6.07) is 0.